The number of carbonyl (C=O) groups is 1. The molecule has 0 N–H and O–H groups in total. The summed E-state index contributed by atoms with van der Waals surface area (Å²) in [6.07, 6.45) is 0.311. The SMILES string of the molecule is Cc1cc(C(=O)N(Cc2c(F)cccc2Cl)[C@@H]2CCS(=O)(=O)C2)cc(C)c1Cl. The minimum absolute atomic E-state index is 0.00508. The molecule has 2 aromatic carbocycles. The van der Waals surface area contributed by atoms with E-state index in [1.54, 1.807) is 32.0 Å². The van der Waals surface area contributed by atoms with Gasteiger partial charge in [0.15, 0.2) is 9.84 Å². The smallest absolute Gasteiger partial charge is 0.254 e. The van der Waals surface area contributed by atoms with Crippen LogP contribution in [0.25, 0.3) is 0 Å². The summed E-state index contributed by atoms with van der Waals surface area (Å²) in [5.74, 6) is -1.04. The zero-order chi connectivity index (χ0) is 20.6. The van der Waals surface area contributed by atoms with Crippen LogP contribution < -0.4 is 0 Å². The predicted octanol–water partition coefficient (Wildman–Crippen LogP) is 4.58. The second-order valence-corrected chi connectivity index (χ2v) is 10.1. The summed E-state index contributed by atoms with van der Waals surface area (Å²) in [5, 5.41) is 0.769. The van der Waals surface area contributed by atoms with Crippen LogP contribution >= 0.6 is 23.2 Å². The molecule has 8 heteroatoms. The Morgan fingerprint density at radius 2 is 1.86 bits per heavy atom. The van der Waals surface area contributed by atoms with Gasteiger partial charge in [-0.3, -0.25) is 4.79 Å². The van der Waals surface area contributed by atoms with E-state index in [1.807, 2.05) is 0 Å². The van der Waals surface area contributed by atoms with Crippen molar-refractivity contribution in [3.05, 3.63) is 68.4 Å². The Balaban J connectivity index is 2.02. The van der Waals surface area contributed by atoms with E-state index in [2.05, 4.69) is 0 Å². The Morgan fingerprint density at radius 3 is 2.39 bits per heavy atom. The molecule has 2 aromatic rings. The predicted molar refractivity (Wildman–Crippen MR) is 109 cm³/mol. The maximum atomic E-state index is 14.3. The summed E-state index contributed by atoms with van der Waals surface area (Å²) in [6.45, 7) is 3.49. The second kappa shape index (κ2) is 8.01. The van der Waals surface area contributed by atoms with Gasteiger partial charge in [-0.2, -0.15) is 0 Å². The van der Waals surface area contributed by atoms with Crippen molar-refractivity contribution in [2.24, 2.45) is 0 Å². The number of sulfone groups is 1. The largest absolute Gasteiger partial charge is 0.330 e. The Kier molecular flexibility index (Phi) is 6.03. The van der Waals surface area contributed by atoms with Crippen molar-refractivity contribution in [2.45, 2.75) is 32.9 Å². The fourth-order valence-electron chi connectivity index (χ4n) is 3.48. The quantitative estimate of drug-likeness (QED) is 0.694. The molecule has 1 fully saturated rings. The summed E-state index contributed by atoms with van der Waals surface area (Å²) < 4.78 is 38.3. The molecule has 0 unspecified atom stereocenters. The molecule has 150 valence electrons. The molecule has 0 radical (unpaired) electrons. The molecule has 0 aromatic heterocycles. The number of benzene rings is 2. The minimum atomic E-state index is -3.23. The van der Waals surface area contributed by atoms with Crippen LogP contribution in [0.15, 0.2) is 30.3 Å². The van der Waals surface area contributed by atoms with Gasteiger partial charge in [-0.05, 0) is 55.7 Å². The van der Waals surface area contributed by atoms with E-state index in [1.165, 1.54) is 17.0 Å². The molecule has 3 rings (SSSR count). The summed E-state index contributed by atoms with van der Waals surface area (Å²) in [5.41, 5.74) is 2.04. The lowest BCUT2D eigenvalue weighted by atomic mass is 10.0. The fourth-order valence-corrected chi connectivity index (χ4v) is 5.54. The van der Waals surface area contributed by atoms with E-state index in [4.69, 9.17) is 23.2 Å². The van der Waals surface area contributed by atoms with Crippen molar-refractivity contribution in [3.63, 3.8) is 0 Å². The summed E-state index contributed by atoms with van der Waals surface area (Å²) >= 11 is 12.3. The van der Waals surface area contributed by atoms with E-state index in [-0.39, 0.29) is 34.5 Å². The summed E-state index contributed by atoms with van der Waals surface area (Å²) in [7, 11) is -3.23. The van der Waals surface area contributed by atoms with Crippen molar-refractivity contribution in [1.82, 2.24) is 4.90 Å². The molecule has 0 bridgehead atoms. The van der Waals surface area contributed by atoms with E-state index in [0.29, 0.717) is 17.0 Å². The maximum absolute atomic E-state index is 14.3. The van der Waals surface area contributed by atoms with Crippen LogP contribution in [-0.2, 0) is 16.4 Å². The lowest BCUT2D eigenvalue weighted by Gasteiger charge is -2.29. The third-order valence-electron chi connectivity index (χ3n) is 4.98. The zero-order valence-electron chi connectivity index (χ0n) is 15.5. The van der Waals surface area contributed by atoms with E-state index >= 15 is 0 Å². The van der Waals surface area contributed by atoms with E-state index in [0.717, 1.165) is 11.1 Å². The number of amides is 1. The molecule has 1 aliphatic heterocycles. The van der Waals surface area contributed by atoms with Gasteiger partial charge in [0, 0.05) is 27.2 Å². The summed E-state index contributed by atoms with van der Waals surface area (Å²) in [6, 6.07) is 7.09. The van der Waals surface area contributed by atoms with Gasteiger partial charge >= 0.3 is 0 Å². The standard InChI is InChI=1S/C20H20Cl2FNO3S/c1-12-8-14(9-13(2)19(12)22)20(25)24(15-6-7-28(26,27)11-15)10-16-17(21)4-3-5-18(16)23/h3-5,8-9,15H,6-7,10-11H2,1-2H3/t15-/m1/s1. The minimum Gasteiger partial charge on any atom is -0.330 e. The van der Waals surface area contributed by atoms with Gasteiger partial charge in [-0.15, -0.1) is 0 Å². The number of hydrogen-bond donors (Lipinski definition) is 0. The fraction of sp³-hybridized carbons (Fsp3) is 0.350. The highest BCUT2D eigenvalue weighted by Crippen LogP contribution is 2.28. The van der Waals surface area contributed by atoms with Gasteiger partial charge in [-0.25, -0.2) is 12.8 Å². The van der Waals surface area contributed by atoms with Crippen molar-refractivity contribution in [3.8, 4) is 0 Å². The van der Waals surface area contributed by atoms with Gasteiger partial charge in [0.25, 0.3) is 5.91 Å². The average molecular weight is 444 g/mol. The Bertz CT molecular complexity index is 996. The third-order valence-corrected chi connectivity index (χ3v) is 7.68. The van der Waals surface area contributed by atoms with Gasteiger partial charge in [0.1, 0.15) is 5.82 Å². The van der Waals surface area contributed by atoms with Crippen LogP contribution in [0.4, 0.5) is 4.39 Å². The molecule has 1 saturated heterocycles. The maximum Gasteiger partial charge on any atom is 0.254 e. The topological polar surface area (TPSA) is 54.5 Å². The molecule has 1 aliphatic rings. The van der Waals surface area contributed by atoms with Gasteiger partial charge in [0.05, 0.1) is 18.1 Å². The van der Waals surface area contributed by atoms with Crippen molar-refractivity contribution >= 4 is 38.9 Å². The molecule has 0 saturated carbocycles. The van der Waals surface area contributed by atoms with Crippen LogP contribution in [0.5, 0.6) is 0 Å². The number of hydrogen-bond acceptors (Lipinski definition) is 3. The first-order chi connectivity index (χ1) is 13.1. The number of nitrogens with zero attached hydrogens (tertiary/aromatic N) is 1. The highest BCUT2D eigenvalue weighted by molar-refractivity contribution is 7.91. The molecule has 1 amide bonds. The van der Waals surface area contributed by atoms with Gasteiger partial charge in [-0.1, -0.05) is 29.3 Å². The van der Waals surface area contributed by atoms with Crippen molar-refractivity contribution < 1.29 is 17.6 Å². The number of rotatable bonds is 4. The first-order valence-corrected chi connectivity index (χ1v) is 11.4. The zero-order valence-corrected chi connectivity index (χ0v) is 17.8. The van der Waals surface area contributed by atoms with Crippen LogP contribution in [0.3, 0.4) is 0 Å². The Labute approximate surface area is 174 Å². The molecule has 1 heterocycles. The number of carbonyl (C=O) groups excluding carboxylic acids is 1. The lowest BCUT2D eigenvalue weighted by molar-refractivity contribution is 0.0679. The van der Waals surface area contributed by atoms with Crippen molar-refractivity contribution in [2.75, 3.05) is 11.5 Å². The molecule has 28 heavy (non-hydrogen) atoms. The van der Waals surface area contributed by atoms with Crippen molar-refractivity contribution in [1.29, 1.82) is 0 Å². The highest BCUT2D eigenvalue weighted by Gasteiger charge is 2.36. The van der Waals surface area contributed by atoms with Crippen LogP contribution in [-0.4, -0.2) is 36.8 Å². The van der Waals surface area contributed by atoms with Gasteiger partial charge < -0.3 is 4.90 Å². The van der Waals surface area contributed by atoms with Crippen LogP contribution in [0.2, 0.25) is 10.0 Å². The van der Waals surface area contributed by atoms with Crippen LogP contribution in [0, 0.1) is 19.7 Å². The number of halogens is 3. The van der Waals surface area contributed by atoms with E-state index in [9.17, 15) is 17.6 Å². The Morgan fingerprint density at radius 1 is 1.21 bits per heavy atom. The molecular weight excluding hydrogens is 424 g/mol. The van der Waals surface area contributed by atoms with Gasteiger partial charge in [0.2, 0.25) is 0 Å². The van der Waals surface area contributed by atoms with Crippen LogP contribution in [0.1, 0.15) is 33.5 Å². The second-order valence-electron chi connectivity index (χ2n) is 7.11. The normalized spacial score (nSPS) is 18.2. The lowest BCUT2D eigenvalue weighted by Crippen LogP contribution is -2.41. The summed E-state index contributed by atoms with van der Waals surface area (Å²) in [4.78, 5) is 14.7. The number of aryl methyl sites for hydroxylation is 2. The average Bonchev–Trinajstić information content (AvgIpc) is 2.98. The van der Waals surface area contributed by atoms with E-state index < -0.39 is 21.7 Å². The molecule has 0 aliphatic carbocycles. The molecule has 1 atom stereocenters. The molecule has 0 spiro atoms. The highest BCUT2D eigenvalue weighted by atomic mass is 35.5. The monoisotopic (exact) mass is 443 g/mol. The first-order valence-electron chi connectivity index (χ1n) is 8.80. The Hall–Kier alpha value is -1.63. The molecule has 4 nitrogen and oxygen atoms in total. The molecular formula is C20H20Cl2FNO3S. The third kappa shape index (κ3) is 4.34. The first kappa shape index (κ1) is 21.1.